The SMILES string of the molecule is COc1cc2c(cc1OC)N(C(=O)O)CCC2. The fourth-order valence-electron chi connectivity index (χ4n) is 2.11. The van der Waals surface area contributed by atoms with Gasteiger partial charge in [0, 0.05) is 12.6 Å². The molecular formula is C12H15NO4. The lowest BCUT2D eigenvalue weighted by molar-refractivity contribution is 0.201. The van der Waals surface area contributed by atoms with Gasteiger partial charge in [-0.25, -0.2) is 4.79 Å². The molecule has 17 heavy (non-hydrogen) atoms. The van der Waals surface area contributed by atoms with Gasteiger partial charge < -0.3 is 14.6 Å². The van der Waals surface area contributed by atoms with Crippen molar-refractivity contribution in [3.8, 4) is 11.5 Å². The van der Waals surface area contributed by atoms with E-state index in [9.17, 15) is 4.79 Å². The summed E-state index contributed by atoms with van der Waals surface area (Å²) in [5, 5.41) is 9.13. The largest absolute Gasteiger partial charge is 0.493 e. The van der Waals surface area contributed by atoms with E-state index in [2.05, 4.69) is 0 Å². The highest BCUT2D eigenvalue weighted by atomic mass is 16.5. The Kier molecular flexibility index (Phi) is 3.08. The fourth-order valence-corrected chi connectivity index (χ4v) is 2.11. The minimum atomic E-state index is -0.932. The Balaban J connectivity index is 2.50. The number of nitrogens with zero attached hydrogens (tertiary/aromatic N) is 1. The van der Waals surface area contributed by atoms with Crippen molar-refractivity contribution in [2.75, 3.05) is 25.7 Å². The lowest BCUT2D eigenvalue weighted by atomic mass is 10.0. The molecule has 1 N–H and O–H groups in total. The van der Waals surface area contributed by atoms with Gasteiger partial charge in [-0.15, -0.1) is 0 Å². The predicted molar refractivity (Wildman–Crippen MR) is 63.2 cm³/mol. The number of methoxy groups -OCH3 is 2. The Bertz CT molecular complexity index is 444. The Morgan fingerprint density at radius 2 is 1.94 bits per heavy atom. The molecule has 5 heteroatoms. The van der Waals surface area contributed by atoms with E-state index < -0.39 is 6.09 Å². The molecule has 1 amide bonds. The average molecular weight is 237 g/mol. The third-order valence-corrected chi connectivity index (χ3v) is 2.93. The summed E-state index contributed by atoms with van der Waals surface area (Å²) in [7, 11) is 3.11. The number of aryl methyl sites for hydroxylation is 1. The van der Waals surface area contributed by atoms with Crippen LogP contribution in [0, 0.1) is 0 Å². The van der Waals surface area contributed by atoms with Crippen molar-refractivity contribution >= 4 is 11.8 Å². The summed E-state index contributed by atoms with van der Waals surface area (Å²) >= 11 is 0. The number of fused-ring (bicyclic) bond motifs is 1. The molecule has 0 saturated carbocycles. The average Bonchev–Trinajstić information content (AvgIpc) is 2.35. The number of benzene rings is 1. The second-order valence-corrected chi connectivity index (χ2v) is 3.87. The van der Waals surface area contributed by atoms with Gasteiger partial charge in [0.05, 0.1) is 19.9 Å². The van der Waals surface area contributed by atoms with Gasteiger partial charge in [0.2, 0.25) is 0 Å². The molecule has 1 aromatic rings. The highest BCUT2D eigenvalue weighted by Gasteiger charge is 2.24. The second kappa shape index (κ2) is 4.53. The molecule has 1 aliphatic rings. The number of carboxylic acid groups (broad SMARTS) is 1. The van der Waals surface area contributed by atoms with Crippen LogP contribution >= 0.6 is 0 Å². The van der Waals surface area contributed by atoms with E-state index in [-0.39, 0.29) is 0 Å². The Morgan fingerprint density at radius 1 is 1.29 bits per heavy atom. The minimum Gasteiger partial charge on any atom is -0.493 e. The number of carbonyl (C=O) groups is 1. The number of rotatable bonds is 2. The summed E-state index contributed by atoms with van der Waals surface area (Å²) in [6, 6.07) is 3.57. The lowest BCUT2D eigenvalue weighted by Gasteiger charge is -2.28. The molecule has 92 valence electrons. The van der Waals surface area contributed by atoms with Crippen molar-refractivity contribution in [1.29, 1.82) is 0 Å². The molecule has 0 fully saturated rings. The van der Waals surface area contributed by atoms with Crippen molar-refractivity contribution in [1.82, 2.24) is 0 Å². The normalized spacial score (nSPS) is 14.1. The van der Waals surface area contributed by atoms with Crippen molar-refractivity contribution in [3.05, 3.63) is 17.7 Å². The summed E-state index contributed by atoms with van der Waals surface area (Å²) in [5.41, 5.74) is 1.68. The van der Waals surface area contributed by atoms with E-state index in [1.54, 1.807) is 13.2 Å². The summed E-state index contributed by atoms with van der Waals surface area (Å²) in [6.07, 6.45) is 0.756. The summed E-state index contributed by atoms with van der Waals surface area (Å²) in [4.78, 5) is 12.5. The van der Waals surface area contributed by atoms with Crippen LogP contribution in [0.5, 0.6) is 11.5 Å². The zero-order valence-corrected chi connectivity index (χ0v) is 9.90. The monoisotopic (exact) mass is 237 g/mol. The van der Waals surface area contributed by atoms with E-state index >= 15 is 0 Å². The van der Waals surface area contributed by atoms with Gasteiger partial charge in [-0.3, -0.25) is 4.90 Å². The van der Waals surface area contributed by atoms with Gasteiger partial charge in [-0.05, 0) is 24.5 Å². The number of hydrogen-bond donors (Lipinski definition) is 1. The molecule has 0 radical (unpaired) electrons. The van der Waals surface area contributed by atoms with Gasteiger partial charge in [-0.1, -0.05) is 0 Å². The van der Waals surface area contributed by atoms with Gasteiger partial charge in [0.1, 0.15) is 0 Å². The van der Waals surface area contributed by atoms with Crippen LogP contribution in [0.25, 0.3) is 0 Å². The van der Waals surface area contributed by atoms with Crippen LogP contribution in [0.3, 0.4) is 0 Å². The summed E-state index contributed by atoms with van der Waals surface area (Å²) in [5.74, 6) is 1.19. The van der Waals surface area contributed by atoms with Crippen LogP contribution in [0.1, 0.15) is 12.0 Å². The number of ether oxygens (including phenoxy) is 2. The third kappa shape index (κ3) is 2.00. The van der Waals surface area contributed by atoms with Crippen LogP contribution in [0.4, 0.5) is 10.5 Å². The van der Waals surface area contributed by atoms with Crippen molar-refractivity contribution in [2.24, 2.45) is 0 Å². The molecule has 1 aromatic carbocycles. The maximum Gasteiger partial charge on any atom is 0.411 e. The summed E-state index contributed by atoms with van der Waals surface area (Å²) < 4.78 is 10.4. The first-order chi connectivity index (χ1) is 8.17. The maximum absolute atomic E-state index is 11.1. The van der Waals surface area contributed by atoms with Crippen LogP contribution in [0.15, 0.2) is 12.1 Å². The van der Waals surface area contributed by atoms with Gasteiger partial charge in [0.25, 0.3) is 0 Å². The first-order valence-electron chi connectivity index (χ1n) is 5.42. The molecule has 5 nitrogen and oxygen atoms in total. The minimum absolute atomic E-state index is 0.526. The van der Waals surface area contributed by atoms with E-state index in [1.807, 2.05) is 6.07 Å². The van der Waals surface area contributed by atoms with E-state index in [1.165, 1.54) is 12.0 Å². The van der Waals surface area contributed by atoms with Crippen LogP contribution < -0.4 is 14.4 Å². The third-order valence-electron chi connectivity index (χ3n) is 2.93. The first kappa shape index (κ1) is 11.6. The highest BCUT2D eigenvalue weighted by Crippen LogP contribution is 2.37. The molecule has 0 atom stereocenters. The zero-order valence-electron chi connectivity index (χ0n) is 9.90. The van der Waals surface area contributed by atoms with Gasteiger partial charge >= 0.3 is 6.09 Å². The summed E-state index contributed by atoms with van der Waals surface area (Å²) in [6.45, 7) is 0.526. The molecule has 2 rings (SSSR count). The van der Waals surface area contributed by atoms with E-state index in [0.717, 1.165) is 18.4 Å². The van der Waals surface area contributed by atoms with Crippen molar-refractivity contribution in [3.63, 3.8) is 0 Å². The maximum atomic E-state index is 11.1. The lowest BCUT2D eigenvalue weighted by Crippen LogP contribution is -2.34. The first-order valence-corrected chi connectivity index (χ1v) is 5.42. The second-order valence-electron chi connectivity index (χ2n) is 3.87. The zero-order chi connectivity index (χ0) is 12.4. The van der Waals surface area contributed by atoms with E-state index in [0.29, 0.717) is 23.7 Å². The van der Waals surface area contributed by atoms with Crippen LogP contribution in [-0.4, -0.2) is 32.0 Å². The Hall–Kier alpha value is -1.91. The van der Waals surface area contributed by atoms with Crippen molar-refractivity contribution in [2.45, 2.75) is 12.8 Å². The Morgan fingerprint density at radius 3 is 2.53 bits per heavy atom. The topological polar surface area (TPSA) is 59.0 Å². The molecule has 0 spiro atoms. The van der Waals surface area contributed by atoms with Gasteiger partial charge in [-0.2, -0.15) is 0 Å². The molecular weight excluding hydrogens is 222 g/mol. The fraction of sp³-hybridized carbons (Fsp3) is 0.417. The van der Waals surface area contributed by atoms with Crippen LogP contribution in [0.2, 0.25) is 0 Å². The molecule has 0 saturated heterocycles. The van der Waals surface area contributed by atoms with Gasteiger partial charge in [0.15, 0.2) is 11.5 Å². The number of hydrogen-bond acceptors (Lipinski definition) is 3. The van der Waals surface area contributed by atoms with Crippen LogP contribution in [-0.2, 0) is 6.42 Å². The molecule has 0 bridgehead atoms. The molecule has 1 aliphatic heterocycles. The molecule has 0 aromatic heterocycles. The molecule has 1 heterocycles. The molecule has 0 unspecified atom stereocenters. The quantitative estimate of drug-likeness (QED) is 0.856. The van der Waals surface area contributed by atoms with Crippen molar-refractivity contribution < 1.29 is 19.4 Å². The molecule has 0 aliphatic carbocycles. The highest BCUT2D eigenvalue weighted by molar-refractivity contribution is 5.88. The number of amides is 1. The van der Waals surface area contributed by atoms with E-state index in [4.69, 9.17) is 14.6 Å². The Labute approximate surface area is 99.6 Å². The smallest absolute Gasteiger partial charge is 0.411 e. The predicted octanol–water partition coefficient (Wildman–Crippen LogP) is 2.13. The number of anilines is 1. The standard InChI is InChI=1S/C12H15NO4/c1-16-10-6-8-4-3-5-13(12(14)15)9(8)7-11(10)17-2/h6-7H,3-5H2,1-2H3,(H,14,15).